The number of benzene rings is 1. The van der Waals surface area contributed by atoms with Gasteiger partial charge >= 0.3 is 0 Å². The number of allylic oxidation sites excluding steroid dienone is 1. The molecule has 0 saturated heterocycles. The van der Waals surface area contributed by atoms with Crippen molar-refractivity contribution in [3.8, 4) is 0 Å². The fraction of sp³-hybridized carbons (Fsp3) is 0.182. The number of hydrogen-bond acceptors (Lipinski definition) is 3. The predicted molar refractivity (Wildman–Crippen MR) is 77.0 cm³/mol. The van der Waals surface area contributed by atoms with Gasteiger partial charge in [0.25, 0.3) is 0 Å². The van der Waals surface area contributed by atoms with Gasteiger partial charge in [-0.2, -0.15) is 0 Å². The Labute approximate surface area is 128 Å². The van der Waals surface area contributed by atoms with E-state index in [4.69, 9.17) is 34.8 Å². The molecule has 7 heteroatoms. The highest BCUT2D eigenvalue weighted by Gasteiger charge is 2.29. The number of aliphatic hydroxyl groups is 1. The van der Waals surface area contributed by atoms with Crippen LogP contribution < -0.4 is 5.32 Å². The SMILES string of the molecule is O=C(C=CNC(O)C(Cl)(Cl)Cl)c1ccc(Br)cc1. The normalized spacial score (nSPS) is 13.6. The van der Waals surface area contributed by atoms with Crippen molar-refractivity contribution in [2.45, 2.75) is 10.0 Å². The maximum absolute atomic E-state index is 11.7. The second-order valence-corrected chi connectivity index (χ2v) is 6.60. The standard InChI is InChI=1S/C11H9BrCl3NO2/c12-8-3-1-7(2-4-8)9(17)5-6-16-10(18)11(13,14)15/h1-6,10,16,18H. The quantitative estimate of drug-likeness (QED) is 0.368. The minimum atomic E-state index is -1.86. The molecular weight excluding hydrogens is 364 g/mol. The summed E-state index contributed by atoms with van der Waals surface area (Å²) in [5.74, 6) is -0.230. The highest BCUT2D eigenvalue weighted by molar-refractivity contribution is 9.10. The van der Waals surface area contributed by atoms with E-state index in [1.165, 1.54) is 12.3 Å². The zero-order valence-corrected chi connectivity index (χ0v) is 12.8. The molecular formula is C11H9BrCl3NO2. The highest BCUT2D eigenvalue weighted by atomic mass is 79.9. The summed E-state index contributed by atoms with van der Waals surface area (Å²) in [6, 6.07) is 6.85. The van der Waals surface area contributed by atoms with Gasteiger partial charge in [0.2, 0.25) is 3.79 Å². The molecule has 1 aromatic rings. The Bertz CT molecular complexity index is 443. The maximum atomic E-state index is 11.7. The summed E-state index contributed by atoms with van der Waals surface area (Å²) in [5, 5.41) is 11.7. The number of carbonyl (C=O) groups excluding carboxylic acids is 1. The van der Waals surface area contributed by atoms with Crippen LogP contribution in [0.5, 0.6) is 0 Å². The fourth-order valence-corrected chi connectivity index (χ4v) is 1.47. The first-order valence-electron chi connectivity index (χ1n) is 4.78. The third-order valence-electron chi connectivity index (χ3n) is 1.93. The first-order valence-corrected chi connectivity index (χ1v) is 6.70. The third-order valence-corrected chi connectivity index (χ3v) is 3.08. The second-order valence-electron chi connectivity index (χ2n) is 3.32. The van der Waals surface area contributed by atoms with Crippen LogP contribution in [0, 0.1) is 0 Å². The molecule has 0 saturated carbocycles. The van der Waals surface area contributed by atoms with Crippen molar-refractivity contribution in [2.24, 2.45) is 0 Å². The van der Waals surface area contributed by atoms with Gasteiger partial charge < -0.3 is 10.4 Å². The molecule has 0 aliphatic heterocycles. The number of nitrogens with one attached hydrogen (secondary N) is 1. The van der Waals surface area contributed by atoms with Crippen molar-refractivity contribution in [3.63, 3.8) is 0 Å². The van der Waals surface area contributed by atoms with Gasteiger partial charge in [-0.05, 0) is 24.3 Å². The summed E-state index contributed by atoms with van der Waals surface area (Å²) in [6.07, 6.45) is 1.08. The molecule has 0 aliphatic rings. The Morgan fingerprint density at radius 2 is 1.89 bits per heavy atom. The summed E-state index contributed by atoms with van der Waals surface area (Å²) < 4.78 is -0.974. The summed E-state index contributed by atoms with van der Waals surface area (Å²) >= 11 is 19.6. The lowest BCUT2D eigenvalue weighted by atomic mass is 10.1. The van der Waals surface area contributed by atoms with Crippen LogP contribution >= 0.6 is 50.7 Å². The molecule has 2 N–H and O–H groups in total. The molecule has 98 valence electrons. The molecule has 1 unspecified atom stereocenters. The number of carbonyl (C=O) groups is 1. The number of halogens is 4. The smallest absolute Gasteiger partial charge is 0.234 e. The van der Waals surface area contributed by atoms with E-state index in [1.54, 1.807) is 24.3 Å². The molecule has 0 amide bonds. The van der Waals surface area contributed by atoms with Crippen LogP contribution in [0.1, 0.15) is 10.4 Å². The topological polar surface area (TPSA) is 49.3 Å². The van der Waals surface area contributed by atoms with Crippen LogP contribution in [0.15, 0.2) is 41.0 Å². The molecule has 0 fully saturated rings. The molecule has 0 spiro atoms. The Hall–Kier alpha value is -0.260. The zero-order valence-electron chi connectivity index (χ0n) is 8.91. The van der Waals surface area contributed by atoms with Gasteiger partial charge in [-0.15, -0.1) is 0 Å². The van der Waals surface area contributed by atoms with Crippen LogP contribution in [0.25, 0.3) is 0 Å². The van der Waals surface area contributed by atoms with Crippen LogP contribution in [-0.2, 0) is 0 Å². The maximum Gasteiger partial charge on any atom is 0.234 e. The minimum Gasteiger partial charge on any atom is -0.370 e. The van der Waals surface area contributed by atoms with Gasteiger partial charge in [0.15, 0.2) is 12.0 Å². The fourth-order valence-electron chi connectivity index (χ4n) is 1.02. The van der Waals surface area contributed by atoms with Gasteiger partial charge in [0.1, 0.15) is 0 Å². The van der Waals surface area contributed by atoms with E-state index < -0.39 is 10.0 Å². The Morgan fingerprint density at radius 1 is 1.33 bits per heavy atom. The van der Waals surface area contributed by atoms with Crippen molar-refractivity contribution < 1.29 is 9.90 Å². The number of rotatable bonds is 4. The second kappa shape index (κ2) is 6.78. The molecule has 1 aromatic carbocycles. The molecule has 0 aromatic heterocycles. The highest BCUT2D eigenvalue weighted by Crippen LogP contribution is 2.28. The molecule has 1 atom stereocenters. The zero-order chi connectivity index (χ0) is 13.8. The number of hydrogen-bond donors (Lipinski definition) is 2. The summed E-state index contributed by atoms with van der Waals surface area (Å²) in [6.45, 7) is 0. The van der Waals surface area contributed by atoms with Gasteiger partial charge in [0, 0.05) is 22.3 Å². The van der Waals surface area contributed by atoms with Crippen molar-refractivity contribution in [3.05, 3.63) is 46.6 Å². The Balaban J connectivity index is 2.58. The van der Waals surface area contributed by atoms with Gasteiger partial charge in [-0.25, -0.2) is 0 Å². The van der Waals surface area contributed by atoms with E-state index in [0.29, 0.717) is 5.56 Å². The lowest BCUT2D eigenvalue weighted by Crippen LogP contribution is -2.36. The van der Waals surface area contributed by atoms with Crippen LogP contribution in [0.4, 0.5) is 0 Å². The monoisotopic (exact) mass is 371 g/mol. The summed E-state index contributed by atoms with van der Waals surface area (Å²) in [7, 11) is 0. The van der Waals surface area contributed by atoms with Crippen LogP contribution in [-0.4, -0.2) is 20.9 Å². The van der Waals surface area contributed by atoms with E-state index in [1.807, 2.05) is 0 Å². The average molecular weight is 373 g/mol. The van der Waals surface area contributed by atoms with E-state index in [2.05, 4.69) is 21.2 Å². The first-order chi connectivity index (χ1) is 8.30. The van der Waals surface area contributed by atoms with Crippen LogP contribution in [0.2, 0.25) is 0 Å². The molecule has 3 nitrogen and oxygen atoms in total. The predicted octanol–water partition coefficient (Wildman–Crippen LogP) is 3.42. The van der Waals surface area contributed by atoms with E-state index in [0.717, 1.165) is 4.47 Å². The van der Waals surface area contributed by atoms with Crippen molar-refractivity contribution in [1.29, 1.82) is 0 Å². The molecule has 1 rings (SSSR count). The Kier molecular flexibility index (Phi) is 5.95. The largest absolute Gasteiger partial charge is 0.370 e. The van der Waals surface area contributed by atoms with Gasteiger partial charge in [-0.3, -0.25) is 4.79 Å². The van der Waals surface area contributed by atoms with E-state index >= 15 is 0 Å². The van der Waals surface area contributed by atoms with Crippen molar-refractivity contribution in [1.82, 2.24) is 5.32 Å². The van der Waals surface area contributed by atoms with Crippen LogP contribution in [0.3, 0.4) is 0 Å². The summed E-state index contributed by atoms with van der Waals surface area (Å²) in [4.78, 5) is 11.7. The molecule has 0 aliphatic carbocycles. The van der Waals surface area contributed by atoms with Gasteiger partial charge in [-0.1, -0.05) is 50.7 Å². The minimum absolute atomic E-state index is 0.230. The van der Waals surface area contributed by atoms with E-state index in [-0.39, 0.29) is 5.78 Å². The van der Waals surface area contributed by atoms with E-state index in [9.17, 15) is 9.90 Å². The molecule has 0 heterocycles. The average Bonchev–Trinajstić information content (AvgIpc) is 2.28. The third kappa shape index (κ3) is 5.16. The summed E-state index contributed by atoms with van der Waals surface area (Å²) in [5.41, 5.74) is 0.514. The molecule has 0 radical (unpaired) electrons. The van der Waals surface area contributed by atoms with Crippen molar-refractivity contribution in [2.75, 3.05) is 0 Å². The number of alkyl halides is 3. The van der Waals surface area contributed by atoms with Gasteiger partial charge in [0.05, 0.1) is 0 Å². The molecule has 0 bridgehead atoms. The van der Waals surface area contributed by atoms with Crippen molar-refractivity contribution >= 4 is 56.5 Å². The lowest BCUT2D eigenvalue weighted by molar-refractivity contribution is 0.104. The molecule has 18 heavy (non-hydrogen) atoms. The number of aliphatic hydroxyl groups excluding tert-OH is 1. The lowest BCUT2D eigenvalue weighted by Gasteiger charge is -2.18. The Morgan fingerprint density at radius 3 is 2.39 bits per heavy atom. The number of ketones is 1. The first kappa shape index (κ1) is 15.8.